The molecular weight excluding hydrogens is 414 g/mol. The summed E-state index contributed by atoms with van der Waals surface area (Å²) < 4.78 is 60.9. The molecule has 30 heavy (non-hydrogen) atoms. The van der Waals surface area contributed by atoms with Crippen molar-refractivity contribution in [3.05, 3.63) is 89.5 Å². The van der Waals surface area contributed by atoms with Crippen molar-refractivity contribution in [2.45, 2.75) is 11.3 Å². The molecule has 1 amide bonds. The SMILES string of the molecule is O=C(Cc1ccccc1)NN=Cc1ccccc1-c1c(F)ccc(S(=O)(=O)O)c1F. The molecule has 154 valence electrons. The van der Waals surface area contributed by atoms with Gasteiger partial charge in [0.25, 0.3) is 10.1 Å². The van der Waals surface area contributed by atoms with Crippen molar-refractivity contribution in [1.82, 2.24) is 5.43 Å². The summed E-state index contributed by atoms with van der Waals surface area (Å²) in [5.41, 5.74) is 2.71. The maximum Gasteiger partial charge on any atom is 0.297 e. The topological polar surface area (TPSA) is 95.8 Å². The van der Waals surface area contributed by atoms with Gasteiger partial charge in [0.1, 0.15) is 10.7 Å². The predicted octanol–water partition coefficient (Wildman–Crippen LogP) is 3.57. The molecule has 0 unspecified atom stereocenters. The van der Waals surface area contributed by atoms with Crippen molar-refractivity contribution in [3.8, 4) is 11.1 Å². The van der Waals surface area contributed by atoms with E-state index >= 15 is 0 Å². The number of rotatable bonds is 6. The molecule has 3 rings (SSSR count). The first-order chi connectivity index (χ1) is 14.3. The summed E-state index contributed by atoms with van der Waals surface area (Å²) in [6.07, 6.45) is 1.29. The third-order valence-electron chi connectivity index (χ3n) is 4.16. The second-order valence-corrected chi connectivity index (χ2v) is 7.64. The molecule has 0 aromatic heterocycles. The van der Waals surface area contributed by atoms with E-state index in [0.717, 1.165) is 11.6 Å². The van der Waals surface area contributed by atoms with E-state index < -0.39 is 32.2 Å². The van der Waals surface area contributed by atoms with Gasteiger partial charge in [0, 0.05) is 5.56 Å². The zero-order valence-corrected chi connectivity index (χ0v) is 16.2. The molecule has 0 atom stereocenters. The number of carbonyl (C=O) groups excluding carboxylic acids is 1. The molecule has 0 saturated heterocycles. The highest BCUT2D eigenvalue weighted by Gasteiger charge is 2.23. The Labute approximate surface area is 171 Å². The molecule has 0 spiro atoms. The Balaban J connectivity index is 1.89. The Morgan fingerprint density at radius 3 is 2.37 bits per heavy atom. The van der Waals surface area contributed by atoms with E-state index in [1.807, 2.05) is 6.07 Å². The van der Waals surface area contributed by atoms with Gasteiger partial charge in [0.2, 0.25) is 5.91 Å². The molecule has 0 aliphatic heterocycles. The lowest BCUT2D eigenvalue weighted by Gasteiger charge is -2.11. The molecule has 0 aliphatic carbocycles. The van der Waals surface area contributed by atoms with E-state index in [9.17, 15) is 22.0 Å². The fourth-order valence-electron chi connectivity index (χ4n) is 2.81. The Morgan fingerprint density at radius 1 is 1.00 bits per heavy atom. The Morgan fingerprint density at radius 2 is 1.67 bits per heavy atom. The number of carbonyl (C=O) groups is 1. The molecule has 0 radical (unpaired) electrons. The smallest absolute Gasteiger partial charge is 0.282 e. The molecule has 2 N–H and O–H groups in total. The highest BCUT2D eigenvalue weighted by atomic mass is 32.2. The molecule has 3 aromatic carbocycles. The van der Waals surface area contributed by atoms with Gasteiger partial charge in [-0.05, 0) is 23.3 Å². The Bertz CT molecular complexity index is 1210. The minimum absolute atomic E-state index is 0.000872. The zero-order chi connectivity index (χ0) is 21.7. The van der Waals surface area contributed by atoms with E-state index in [1.54, 1.807) is 30.3 Å². The average Bonchev–Trinajstić information content (AvgIpc) is 2.69. The van der Waals surface area contributed by atoms with Crippen LogP contribution < -0.4 is 5.43 Å². The number of hydrogen-bond acceptors (Lipinski definition) is 4. The fraction of sp³-hybridized carbons (Fsp3) is 0.0476. The number of hydrazone groups is 1. The van der Waals surface area contributed by atoms with Crippen molar-refractivity contribution >= 4 is 22.2 Å². The van der Waals surface area contributed by atoms with Crippen LogP contribution in [0.1, 0.15) is 11.1 Å². The molecule has 0 fully saturated rings. The van der Waals surface area contributed by atoms with Gasteiger partial charge in [0.15, 0.2) is 5.82 Å². The van der Waals surface area contributed by atoms with E-state index in [0.29, 0.717) is 6.07 Å². The summed E-state index contributed by atoms with van der Waals surface area (Å²) in [4.78, 5) is 10.9. The highest BCUT2D eigenvalue weighted by molar-refractivity contribution is 7.85. The molecular formula is C21H16F2N2O4S. The molecule has 3 aromatic rings. The van der Waals surface area contributed by atoms with Crippen LogP contribution in [-0.2, 0) is 21.3 Å². The average molecular weight is 430 g/mol. The minimum Gasteiger partial charge on any atom is -0.282 e. The van der Waals surface area contributed by atoms with Crippen LogP contribution in [0.5, 0.6) is 0 Å². The number of benzene rings is 3. The van der Waals surface area contributed by atoms with Crippen LogP contribution in [0.3, 0.4) is 0 Å². The quantitative estimate of drug-likeness (QED) is 0.355. The van der Waals surface area contributed by atoms with Crippen LogP contribution in [-0.4, -0.2) is 25.1 Å². The van der Waals surface area contributed by atoms with Gasteiger partial charge in [-0.1, -0.05) is 54.6 Å². The number of halogens is 2. The normalized spacial score (nSPS) is 11.6. The second kappa shape index (κ2) is 8.93. The first-order valence-corrected chi connectivity index (χ1v) is 10.1. The molecule has 6 nitrogen and oxygen atoms in total. The number of nitrogens with one attached hydrogen (secondary N) is 1. The first-order valence-electron chi connectivity index (χ1n) is 8.68. The number of nitrogens with zero attached hydrogens (tertiary/aromatic N) is 1. The van der Waals surface area contributed by atoms with Gasteiger partial charge in [0.05, 0.1) is 18.2 Å². The lowest BCUT2D eigenvalue weighted by molar-refractivity contribution is -0.120. The van der Waals surface area contributed by atoms with Gasteiger partial charge in [-0.2, -0.15) is 13.5 Å². The van der Waals surface area contributed by atoms with Crippen LogP contribution in [0, 0.1) is 11.6 Å². The largest absolute Gasteiger partial charge is 0.297 e. The van der Waals surface area contributed by atoms with Crippen molar-refractivity contribution in [1.29, 1.82) is 0 Å². The van der Waals surface area contributed by atoms with Crippen molar-refractivity contribution < 1.29 is 26.5 Å². The standard InChI is InChI=1S/C21H16F2N2O4S/c22-17-10-11-18(30(27,28)29)21(23)20(17)16-9-5-4-8-15(16)13-24-25-19(26)12-14-6-2-1-3-7-14/h1-11,13H,12H2,(H,25,26)(H,27,28,29). The van der Waals surface area contributed by atoms with Gasteiger partial charge < -0.3 is 0 Å². The van der Waals surface area contributed by atoms with Crippen LogP contribution in [0.4, 0.5) is 8.78 Å². The summed E-state index contributed by atoms with van der Waals surface area (Å²) in [6, 6.07) is 16.3. The lowest BCUT2D eigenvalue weighted by Crippen LogP contribution is -2.19. The molecule has 0 heterocycles. The van der Waals surface area contributed by atoms with Crippen LogP contribution >= 0.6 is 0 Å². The van der Waals surface area contributed by atoms with Gasteiger partial charge >= 0.3 is 0 Å². The molecule has 0 saturated carbocycles. The van der Waals surface area contributed by atoms with Crippen molar-refractivity contribution in [2.75, 3.05) is 0 Å². The van der Waals surface area contributed by atoms with E-state index in [2.05, 4.69) is 10.5 Å². The maximum absolute atomic E-state index is 14.7. The Hall–Kier alpha value is -3.43. The minimum atomic E-state index is -4.88. The van der Waals surface area contributed by atoms with Crippen molar-refractivity contribution in [2.24, 2.45) is 5.10 Å². The summed E-state index contributed by atoms with van der Waals surface area (Å²) in [6.45, 7) is 0. The summed E-state index contributed by atoms with van der Waals surface area (Å²) in [5, 5.41) is 3.82. The van der Waals surface area contributed by atoms with Gasteiger partial charge in [-0.25, -0.2) is 14.2 Å². The predicted molar refractivity (Wildman–Crippen MR) is 107 cm³/mol. The van der Waals surface area contributed by atoms with Gasteiger partial charge in [-0.3, -0.25) is 9.35 Å². The first kappa shape index (κ1) is 21.3. The van der Waals surface area contributed by atoms with E-state index in [4.69, 9.17) is 4.55 Å². The van der Waals surface area contributed by atoms with E-state index in [1.165, 1.54) is 24.4 Å². The monoisotopic (exact) mass is 430 g/mol. The third-order valence-corrected chi connectivity index (χ3v) is 5.04. The Kier molecular flexibility index (Phi) is 6.34. The van der Waals surface area contributed by atoms with Crippen molar-refractivity contribution in [3.63, 3.8) is 0 Å². The van der Waals surface area contributed by atoms with Gasteiger partial charge in [-0.15, -0.1) is 0 Å². The van der Waals surface area contributed by atoms with Crippen LogP contribution in [0.15, 0.2) is 76.7 Å². The molecule has 0 bridgehead atoms. The van der Waals surface area contributed by atoms with E-state index in [-0.39, 0.29) is 23.5 Å². The van der Waals surface area contributed by atoms with Crippen LogP contribution in [0.25, 0.3) is 11.1 Å². The molecule has 0 aliphatic rings. The summed E-state index contributed by atoms with van der Waals surface area (Å²) >= 11 is 0. The van der Waals surface area contributed by atoms with Crippen LogP contribution in [0.2, 0.25) is 0 Å². The number of hydrogen-bond donors (Lipinski definition) is 2. The molecule has 9 heteroatoms. The summed E-state index contributed by atoms with van der Waals surface area (Å²) in [7, 11) is -4.88. The zero-order valence-electron chi connectivity index (χ0n) is 15.4. The lowest BCUT2D eigenvalue weighted by atomic mass is 9.99. The fourth-order valence-corrected chi connectivity index (χ4v) is 3.38. The second-order valence-electron chi connectivity index (χ2n) is 6.25. The third kappa shape index (κ3) is 4.94. The highest BCUT2D eigenvalue weighted by Crippen LogP contribution is 2.31. The number of amides is 1. The summed E-state index contributed by atoms with van der Waals surface area (Å²) in [5.74, 6) is -2.83. The maximum atomic E-state index is 14.7.